The fraction of sp³-hybridized carbons (Fsp3) is 0.267. The standard InChI is InChI=1S/C15H14Cl2N2/c16-13-8-15(17)18-9-12(13)10-19-7-3-5-11-4-1-2-6-14(11)19/h1-2,4,6,8-9H,3,5,7,10H2. The van der Waals surface area contributed by atoms with E-state index in [-0.39, 0.29) is 0 Å². The number of anilines is 1. The summed E-state index contributed by atoms with van der Waals surface area (Å²) in [6, 6.07) is 10.3. The summed E-state index contributed by atoms with van der Waals surface area (Å²) in [5.74, 6) is 0. The fourth-order valence-electron chi connectivity index (χ4n) is 2.53. The minimum Gasteiger partial charge on any atom is -0.367 e. The van der Waals surface area contributed by atoms with Crippen LogP contribution in [0.25, 0.3) is 0 Å². The minimum absolute atomic E-state index is 0.438. The van der Waals surface area contributed by atoms with Crippen molar-refractivity contribution in [3.05, 3.63) is 57.8 Å². The van der Waals surface area contributed by atoms with Gasteiger partial charge in [-0.3, -0.25) is 0 Å². The molecule has 2 aromatic rings. The van der Waals surface area contributed by atoms with Gasteiger partial charge in [-0.1, -0.05) is 41.4 Å². The lowest BCUT2D eigenvalue weighted by Crippen LogP contribution is -2.28. The van der Waals surface area contributed by atoms with Gasteiger partial charge in [0.15, 0.2) is 0 Å². The Morgan fingerprint density at radius 2 is 2.05 bits per heavy atom. The van der Waals surface area contributed by atoms with Crippen molar-refractivity contribution in [2.24, 2.45) is 0 Å². The lowest BCUT2D eigenvalue weighted by Gasteiger charge is -2.31. The van der Waals surface area contributed by atoms with E-state index in [1.54, 1.807) is 12.3 Å². The average Bonchev–Trinajstić information content (AvgIpc) is 2.42. The molecule has 0 radical (unpaired) electrons. The highest BCUT2D eigenvalue weighted by Crippen LogP contribution is 2.29. The molecule has 2 heterocycles. The molecule has 0 fully saturated rings. The van der Waals surface area contributed by atoms with Gasteiger partial charge in [0.25, 0.3) is 0 Å². The normalized spacial score (nSPS) is 14.3. The quantitative estimate of drug-likeness (QED) is 0.766. The van der Waals surface area contributed by atoms with Gasteiger partial charge in [0.1, 0.15) is 5.15 Å². The van der Waals surface area contributed by atoms with Crippen molar-refractivity contribution in [2.75, 3.05) is 11.4 Å². The molecule has 0 atom stereocenters. The maximum absolute atomic E-state index is 6.22. The van der Waals surface area contributed by atoms with Gasteiger partial charge in [-0.15, -0.1) is 0 Å². The van der Waals surface area contributed by atoms with Crippen LogP contribution < -0.4 is 4.90 Å². The maximum atomic E-state index is 6.22. The number of pyridine rings is 1. The van der Waals surface area contributed by atoms with E-state index < -0.39 is 0 Å². The third kappa shape index (κ3) is 2.70. The second kappa shape index (κ2) is 5.40. The zero-order chi connectivity index (χ0) is 13.2. The summed E-state index contributed by atoms with van der Waals surface area (Å²) in [5.41, 5.74) is 3.73. The van der Waals surface area contributed by atoms with E-state index in [2.05, 4.69) is 34.1 Å². The summed E-state index contributed by atoms with van der Waals surface area (Å²) in [4.78, 5) is 6.47. The predicted molar refractivity (Wildman–Crippen MR) is 80.1 cm³/mol. The van der Waals surface area contributed by atoms with E-state index in [0.29, 0.717) is 10.2 Å². The Morgan fingerprint density at radius 3 is 2.89 bits per heavy atom. The molecule has 1 aliphatic heterocycles. The minimum atomic E-state index is 0.438. The Hall–Kier alpha value is -1.25. The first-order chi connectivity index (χ1) is 9.24. The zero-order valence-electron chi connectivity index (χ0n) is 10.4. The lowest BCUT2D eigenvalue weighted by molar-refractivity contribution is 0.690. The molecular weight excluding hydrogens is 279 g/mol. The molecule has 2 nitrogen and oxygen atoms in total. The summed E-state index contributed by atoms with van der Waals surface area (Å²) in [6.07, 6.45) is 4.09. The van der Waals surface area contributed by atoms with Crippen LogP contribution in [0.2, 0.25) is 10.2 Å². The van der Waals surface area contributed by atoms with Crippen LogP contribution in [0.4, 0.5) is 5.69 Å². The van der Waals surface area contributed by atoms with Crippen molar-refractivity contribution in [1.82, 2.24) is 4.98 Å². The van der Waals surface area contributed by atoms with E-state index in [9.17, 15) is 0 Å². The van der Waals surface area contributed by atoms with Crippen molar-refractivity contribution in [2.45, 2.75) is 19.4 Å². The van der Waals surface area contributed by atoms with Gasteiger partial charge < -0.3 is 4.90 Å². The van der Waals surface area contributed by atoms with Gasteiger partial charge in [-0.25, -0.2) is 4.98 Å². The van der Waals surface area contributed by atoms with E-state index in [1.165, 1.54) is 17.7 Å². The Balaban J connectivity index is 1.88. The topological polar surface area (TPSA) is 16.1 Å². The Kier molecular flexibility index (Phi) is 3.63. The molecule has 0 saturated carbocycles. The molecule has 0 saturated heterocycles. The molecule has 4 heteroatoms. The fourth-order valence-corrected chi connectivity index (χ4v) is 2.96. The molecule has 1 aromatic heterocycles. The third-order valence-corrected chi connectivity index (χ3v) is 4.02. The summed E-state index contributed by atoms with van der Waals surface area (Å²) >= 11 is 12.1. The summed E-state index contributed by atoms with van der Waals surface area (Å²) < 4.78 is 0. The highest BCUT2D eigenvalue weighted by molar-refractivity contribution is 6.34. The van der Waals surface area contributed by atoms with Crippen LogP contribution >= 0.6 is 23.2 Å². The van der Waals surface area contributed by atoms with Crippen LogP contribution in [-0.4, -0.2) is 11.5 Å². The second-order valence-corrected chi connectivity index (χ2v) is 5.55. The van der Waals surface area contributed by atoms with Crippen LogP contribution in [0.15, 0.2) is 36.5 Å². The number of hydrogen-bond donors (Lipinski definition) is 0. The number of halogens is 2. The molecule has 0 N–H and O–H groups in total. The van der Waals surface area contributed by atoms with Crippen molar-refractivity contribution in [3.8, 4) is 0 Å². The molecule has 3 rings (SSSR count). The molecule has 1 aliphatic rings. The van der Waals surface area contributed by atoms with Crippen molar-refractivity contribution >= 4 is 28.9 Å². The lowest BCUT2D eigenvalue weighted by atomic mass is 10.0. The first-order valence-electron chi connectivity index (χ1n) is 6.37. The zero-order valence-corrected chi connectivity index (χ0v) is 12.0. The molecule has 0 aliphatic carbocycles. The van der Waals surface area contributed by atoms with Crippen LogP contribution in [0.5, 0.6) is 0 Å². The monoisotopic (exact) mass is 292 g/mol. The highest BCUT2D eigenvalue weighted by Gasteiger charge is 2.17. The summed E-state index contributed by atoms with van der Waals surface area (Å²) in [5, 5.41) is 1.12. The largest absolute Gasteiger partial charge is 0.367 e. The van der Waals surface area contributed by atoms with Gasteiger partial charge >= 0.3 is 0 Å². The maximum Gasteiger partial charge on any atom is 0.130 e. The van der Waals surface area contributed by atoms with Crippen molar-refractivity contribution < 1.29 is 0 Å². The van der Waals surface area contributed by atoms with Gasteiger partial charge in [0.05, 0.1) is 5.02 Å². The molecule has 98 valence electrons. The summed E-state index contributed by atoms with van der Waals surface area (Å²) in [6.45, 7) is 1.83. The number of nitrogens with zero attached hydrogens (tertiary/aromatic N) is 2. The van der Waals surface area contributed by atoms with Gasteiger partial charge in [-0.05, 0) is 30.5 Å². The van der Waals surface area contributed by atoms with Crippen LogP contribution in [0.1, 0.15) is 17.5 Å². The Labute approximate surface area is 123 Å². The van der Waals surface area contributed by atoms with E-state index in [4.69, 9.17) is 23.2 Å². The number of para-hydroxylation sites is 1. The van der Waals surface area contributed by atoms with Crippen LogP contribution in [0, 0.1) is 0 Å². The molecule has 0 bridgehead atoms. The molecule has 0 unspecified atom stereocenters. The van der Waals surface area contributed by atoms with E-state index in [0.717, 1.165) is 25.1 Å². The predicted octanol–water partition coefficient (Wildman–Crippen LogP) is 4.34. The molecule has 19 heavy (non-hydrogen) atoms. The van der Waals surface area contributed by atoms with Crippen molar-refractivity contribution in [3.63, 3.8) is 0 Å². The van der Waals surface area contributed by atoms with Gasteiger partial charge in [0.2, 0.25) is 0 Å². The molecule has 0 spiro atoms. The van der Waals surface area contributed by atoms with Crippen molar-refractivity contribution in [1.29, 1.82) is 0 Å². The van der Waals surface area contributed by atoms with Gasteiger partial charge in [0, 0.05) is 30.5 Å². The van der Waals surface area contributed by atoms with E-state index >= 15 is 0 Å². The Morgan fingerprint density at radius 1 is 1.21 bits per heavy atom. The van der Waals surface area contributed by atoms with Crippen LogP contribution in [-0.2, 0) is 13.0 Å². The van der Waals surface area contributed by atoms with E-state index in [1.807, 2.05) is 0 Å². The number of benzene rings is 1. The molecular formula is C15H14Cl2N2. The first kappa shape index (κ1) is 12.8. The number of aryl methyl sites for hydroxylation is 1. The number of rotatable bonds is 2. The number of fused-ring (bicyclic) bond motifs is 1. The second-order valence-electron chi connectivity index (χ2n) is 4.75. The SMILES string of the molecule is Clc1cc(Cl)c(CN2CCCc3ccccc32)cn1. The molecule has 1 aromatic carbocycles. The van der Waals surface area contributed by atoms with Gasteiger partial charge in [-0.2, -0.15) is 0 Å². The number of hydrogen-bond acceptors (Lipinski definition) is 2. The third-order valence-electron chi connectivity index (χ3n) is 3.46. The molecule has 0 amide bonds. The van der Waals surface area contributed by atoms with Crippen LogP contribution in [0.3, 0.4) is 0 Å². The summed E-state index contributed by atoms with van der Waals surface area (Å²) in [7, 11) is 0. The first-order valence-corrected chi connectivity index (χ1v) is 7.12. The smallest absolute Gasteiger partial charge is 0.130 e. The highest BCUT2D eigenvalue weighted by atomic mass is 35.5. The Bertz CT molecular complexity index is 598. The number of aromatic nitrogens is 1. The average molecular weight is 293 g/mol.